The summed E-state index contributed by atoms with van der Waals surface area (Å²) in [6.45, 7) is 8.16. The molecule has 5 nitrogen and oxygen atoms in total. The molecule has 2 rings (SSSR count). The van der Waals surface area contributed by atoms with Gasteiger partial charge in [-0.15, -0.1) is 0 Å². The van der Waals surface area contributed by atoms with Gasteiger partial charge < -0.3 is 4.74 Å². The lowest BCUT2D eigenvalue weighted by Gasteiger charge is -1.98. The van der Waals surface area contributed by atoms with Crippen LogP contribution in [0.2, 0.25) is 0 Å². The van der Waals surface area contributed by atoms with E-state index >= 15 is 0 Å². The van der Waals surface area contributed by atoms with Crippen LogP contribution >= 0.6 is 22.6 Å². The highest BCUT2D eigenvalue weighted by molar-refractivity contribution is 14.1. The molecule has 0 bridgehead atoms. The smallest absolute Gasteiger partial charge is 0.243 e. The summed E-state index contributed by atoms with van der Waals surface area (Å²) < 4.78 is 13.8. The first-order chi connectivity index (χ1) is 12.7. The Bertz CT molecular complexity index is 492. The number of hydrogen-bond acceptors (Lipinski definition) is 1. The molecule has 6 heteroatoms. The van der Waals surface area contributed by atoms with Crippen LogP contribution < -0.4 is 9.13 Å². The van der Waals surface area contributed by atoms with Crippen molar-refractivity contribution in [2.45, 2.75) is 66.5 Å². The van der Waals surface area contributed by atoms with E-state index in [0.29, 0.717) is 0 Å². The van der Waals surface area contributed by atoms with Gasteiger partial charge in [-0.2, -0.15) is 0 Å². The summed E-state index contributed by atoms with van der Waals surface area (Å²) >= 11 is 2.15. The van der Waals surface area contributed by atoms with Crippen molar-refractivity contribution in [2.75, 3.05) is 18.1 Å². The summed E-state index contributed by atoms with van der Waals surface area (Å²) in [5.41, 5.74) is 0. The van der Waals surface area contributed by atoms with Crippen molar-refractivity contribution in [1.29, 1.82) is 0 Å². The molecule has 27 heavy (non-hydrogen) atoms. The van der Waals surface area contributed by atoms with Crippen molar-refractivity contribution in [3.8, 4) is 0 Å². The number of aryl methyl sites for hydroxylation is 3. The van der Waals surface area contributed by atoms with Crippen molar-refractivity contribution in [3.63, 3.8) is 0 Å². The molecule has 0 radical (unpaired) electrons. The second-order valence-electron chi connectivity index (χ2n) is 6.31. The van der Waals surface area contributed by atoms with Gasteiger partial charge in [-0.25, -0.2) is 18.3 Å². The van der Waals surface area contributed by atoms with Crippen LogP contribution in [0.4, 0.5) is 0 Å². The van der Waals surface area contributed by atoms with Crippen LogP contribution in [0.15, 0.2) is 37.4 Å². The van der Waals surface area contributed by atoms with Gasteiger partial charge in [-0.05, 0) is 24.2 Å². The van der Waals surface area contributed by atoms with E-state index in [1.165, 1.54) is 32.2 Å². The number of nitrogens with zero attached hydrogens (tertiary/aromatic N) is 4. The van der Waals surface area contributed by atoms with E-state index in [1.54, 1.807) is 0 Å². The molecule has 0 fully saturated rings. The van der Waals surface area contributed by atoms with Crippen LogP contribution in [0.25, 0.3) is 0 Å². The van der Waals surface area contributed by atoms with E-state index in [2.05, 4.69) is 88.4 Å². The Balaban J connectivity index is 0. The lowest BCUT2D eigenvalue weighted by Crippen LogP contribution is -2.24. The van der Waals surface area contributed by atoms with Gasteiger partial charge in [0.2, 0.25) is 12.7 Å². The molecule has 2 heterocycles. The Morgan fingerprint density at radius 1 is 0.778 bits per heavy atom. The standard InChI is InChI=1S/C10H19N2.C9H17N2O.CH3I.CH4/c1-3-4-5-6-7-12-9-8-11(2)10-12;1-3-7-12-8-6-11-5-4-10(2)9-11;1-2;/h8-10H,3-7H2,1-2H3;4-5,9H,3,6-8H2,1-2H3;1H3;1H4/q2*+1;;. The predicted octanol–water partition coefficient (Wildman–Crippen LogP) is 4.32. The van der Waals surface area contributed by atoms with Gasteiger partial charge in [-0.3, -0.25) is 0 Å². The minimum atomic E-state index is 0. The number of ether oxygens (including phenoxy) is 1. The second-order valence-corrected chi connectivity index (χ2v) is 6.31. The number of hydrogen-bond donors (Lipinski definition) is 0. The first-order valence-electron chi connectivity index (χ1n) is 9.63. The van der Waals surface area contributed by atoms with Crippen LogP contribution in [-0.2, 0) is 31.9 Å². The molecule has 158 valence electrons. The van der Waals surface area contributed by atoms with E-state index in [-0.39, 0.29) is 7.43 Å². The van der Waals surface area contributed by atoms with Crippen molar-refractivity contribution in [3.05, 3.63) is 37.4 Å². The Morgan fingerprint density at radius 2 is 1.33 bits per heavy atom. The molecule has 0 saturated heterocycles. The average Bonchev–Trinajstić information content (AvgIpc) is 3.26. The van der Waals surface area contributed by atoms with E-state index in [4.69, 9.17) is 4.74 Å². The number of alkyl halides is 1. The van der Waals surface area contributed by atoms with Gasteiger partial charge in [0, 0.05) is 6.61 Å². The fourth-order valence-corrected chi connectivity index (χ4v) is 2.41. The Morgan fingerprint density at radius 3 is 1.78 bits per heavy atom. The van der Waals surface area contributed by atoms with Crippen molar-refractivity contribution in [1.82, 2.24) is 9.13 Å². The normalized spacial score (nSPS) is 9.56. The van der Waals surface area contributed by atoms with Gasteiger partial charge in [0.15, 0.2) is 0 Å². The van der Waals surface area contributed by atoms with Crippen molar-refractivity contribution >= 4 is 22.6 Å². The van der Waals surface area contributed by atoms with E-state index in [1.807, 2.05) is 22.7 Å². The Labute approximate surface area is 181 Å². The quantitative estimate of drug-likeness (QED) is 0.209. The highest BCUT2D eigenvalue weighted by Crippen LogP contribution is 2.00. The molecule has 0 N–H and O–H groups in total. The van der Waals surface area contributed by atoms with Crippen molar-refractivity contribution < 1.29 is 13.9 Å². The molecule has 2 aromatic rings. The summed E-state index contributed by atoms with van der Waals surface area (Å²) in [7, 11) is 4.08. The first kappa shape index (κ1) is 28.3. The zero-order chi connectivity index (χ0) is 19.6. The molecule has 0 atom stereocenters. The van der Waals surface area contributed by atoms with Crippen LogP contribution in [-0.4, -0.2) is 27.3 Å². The van der Waals surface area contributed by atoms with Crippen LogP contribution in [0.3, 0.4) is 0 Å². The van der Waals surface area contributed by atoms with Crippen LogP contribution in [0.5, 0.6) is 0 Å². The van der Waals surface area contributed by atoms with Gasteiger partial charge in [0.1, 0.15) is 31.3 Å². The third-order valence-corrected chi connectivity index (χ3v) is 3.76. The number of imidazole rings is 2. The monoisotopic (exact) mass is 494 g/mol. The first-order valence-corrected chi connectivity index (χ1v) is 11.8. The topological polar surface area (TPSA) is 26.8 Å². The molecule has 0 aliphatic heterocycles. The number of rotatable bonds is 10. The zero-order valence-electron chi connectivity index (χ0n) is 17.4. The third-order valence-electron chi connectivity index (χ3n) is 3.76. The molecule has 0 saturated carbocycles. The summed E-state index contributed by atoms with van der Waals surface area (Å²) in [6, 6.07) is 0. The van der Waals surface area contributed by atoms with Gasteiger partial charge in [-0.1, -0.05) is 56.7 Å². The molecule has 0 aliphatic carbocycles. The van der Waals surface area contributed by atoms with E-state index in [0.717, 1.165) is 26.2 Å². The zero-order valence-corrected chi connectivity index (χ0v) is 19.6. The maximum atomic E-state index is 5.37. The summed E-state index contributed by atoms with van der Waals surface area (Å²) in [4.78, 5) is 1.97. The number of halogens is 1. The fourth-order valence-electron chi connectivity index (χ4n) is 2.41. The predicted molar refractivity (Wildman–Crippen MR) is 123 cm³/mol. The summed E-state index contributed by atoms with van der Waals surface area (Å²) in [6.07, 6.45) is 18.9. The van der Waals surface area contributed by atoms with Gasteiger partial charge in [0.25, 0.3) is 0 Å². The van der Waals surface area contributed by atoms with E-state index < -0.39 is 0 Å². The SMILES string of the molecule is C.CCCCCCn1cc[n+](C)c1.CCCOCCn1cc[n+](C)c1.CI. The largest absolute Gasteiger partial charge is 0.377 e. The third kappa shape index (κ3) is 15.8. The molecule has 0 unspecified atom stereocenters. The number of unbranched alkanes of at least 4 members (excludes halogenated alkanes) is 3. The van der Waals surface area contributed by atoms with E-state index in [9.17, 15) is 0 Å². The highest BCUT2D eigenvalue weighted by atomic mass is 127. The minimum Gasteiger partial charge on any atom is -0.377 e. The lowest BCUT2D eigenvalue weighted by molar-refractivity contribution is -0.671. The molecule has 2 aromatic heterocycles. The van der Waals surface area contributed by atoms with Crippen LogP contribution in [0, 0.1) is 0 Å². The molecule has 0 aliphatic rings. The maximum absolute atomic E-state index is 5.37. The maximum Gasteiger partial charge on any atom is 0.243 e. The molecule has 0 amide bonds. The molecule has 0 aromatic carbocycles. The molecular weight excluding hydrogens is 451 g/mol. The van der Waals surface area contributed by atoms with Crippen molar-refractivity contribution in [2.24, 2.45) is 14.1 Å². The molecular formula is C21H43IN4O+2. The highest BCUT2D eigenvalue weighted by Gasteiger charge is 1.99. The second kappa shape index (κ2) is 19.9. The fraction of sp³-hybridized carbons (Fsp3) is 0.714. The Hall–Kier alpha value is -0.890. The van der Waals surface area contributed by atoms with Gasteiger partial charge >= 0.3 is 0 Å². The Kier molecular flexibility index (Phi) is 20.8. The summed E-state index contributed by atoms with van der Waals surface area (Å²) in [5.74, 6) is 0. The minimum absolute atomic E-state index is 0. The average molecular weight is 495 g/mol. The lowest BCUT2D eigenvalue weighted by atomic mass is 10.2. The summed E-state index contributed by atoms with van der Waals surface area (Å²) in [5, 5.41) is 0. The van der Waals surface area contributed by atoms with Crippen LogP contribution in [0.1, 0.15) is 53.4 Å². The number of aromatic nitrogens is 4. The molecule has 0 spiro atoms. The van der Waals surface area contributed by atoms with Gasteiger partial charge in [0.05, 0.1) is 27.2 Å².